The molecule has 1 spiro atoms. The molecule has 3 aromatic rings. The maximum Gasteiger partial charge on any atom is 0.341 e. The van der Waals surface area contributed by atoms with Crippen molar-refractivity contribution >= 4 is 103 Å². The molecule has 0 radical (unpaired) electrons. The number of nitrogens with zero attached hydrogens (tertiary/aromatic N) is 2. The van der Waals surface area contributed by atoms with E-state index < -0.39 is 50.0 Å². The molecule has 2 aliphatic rings. The van der Waals surface area contributed by atoms with Crippen LogP contribution in [-0.2, 0) is 44.8 Å². The number of carbonyl (C=O) groups excluding carboxylic acids is 4. The molecule has 1 amide bonds. The number of aryl methyl sites for hydroxylation is 1. The van der Waals surface area contributed by atoms with E-state index in [9.17, 15) is 23.7 Å². The van der Waals surface area contributed by atoms with Crippen LogP contribution in [0, 0.1) is 17.4 Å². The largest absolute Gasteiger partial charge is 0.455 e. The number of nitrogens with one attached hydrogen (secondary N) is 1. The van der Waals surface area contributed by atoms with Crippen LogP contribution < -0.4 is 24.8 Å². The van der Waals surface area contributed by atoms with Crippen molar-refractivity contribution in [3.8, 4) is 23.0 Å². The SMILES string of the molecule is [C-]#[N+]CCOP(OCCCCCCNC(=O)CCc1cc2c(c(Cl)c1OC(=O)C(C)(C)C)Oc1cc(OC(=O)C(C)(C)C)c(P(C)(C)=O)cc1C21OC(=O)c2c(Cl)c(Cl)c(Cl)c(Cl)c21)N(C(C)C)C(C)C. The second kappa shape index (κ2) is 23.6. The Morgan fingerprint density at radius 3 is 2.00 bits per heavy atom. The summed E-state index contributed by atoms with van der Waals surface area (Å²) in [7, 11) is -4.65. The zero-order valence-corrected chi connectivity index (χ0v) is 47.7. The maximum absolute atomic E-state index is 14.2. The van der Waals surface area contributed by atoms with Crippen LogP contribution in [0.2, 0.25) is 25.1 Å². The normalized spacial score (nSPS) is 15.8. The van der Waals surface area contributed by atoms with Gasteiger partial charge in [0.15, 0.2) is 17.1 Å². The Morgan fingerprint density at radius 2 is 1.41 bits per heavy atom. The molecule has 14 nitrogen and oxygen atoms in total. The van der Waals surface area contributed by atoms with Crippen molar-refractivity contribution in [3.63, 3.8) is 0 Å². The third kappa shape index (κ3) is 13.0. The van der Waals surface area contributed by atoms with Crippen molar-refractivity contribution in [1.82, 2.24) is 9.99 Å². The lowest BCUT2D eigenvalue weighted by atomic mass is 9.76. The summed E-state index contributed by atoms with van der Waals surface area (Å²) in [6.45, 7) is 29.9. The lowest BCUT2D eigenvalue weighted by Crippen LogP contribution is -2.35. The van der Waals surface area contributed by atoms with Crippen LogP contribution >= 0.6 is 73.7 Å². The molecular weight excluding hydrogens is 1060 g/mol. The molecule has 21 heteroatoms. The summed E-state index contributed by atoms with van der Waals surface area (Å²) in [5, 5.41) is 1.99. The van der Waals surface area contributed by atoms with Gasteiger partial charge >= 0.3 is 17.9 Å². The van der Waals surface area contributed by atoms with Gasteiger partial charge in [-0.15, -0.1) is 0 Å². The molecule has 388 valence electrons. The van der Waals surface area contributed by atoms with E-state index in [1.165, 1.54) is 25.5 Å². The van der Waals surface area contributed by atoms with Gasteiger partial charge < -0.3 is 42.7 Å². The number of rotatable bonds is 20. The minimum atomic E-state index is -3.33. The molecule has 2 atom stereocenters. The Kier molecular flexibility index (Phi) is 19.5. The minimum Gasteiger partial charge on any atom is -0.455 e. The Balaban J connectivity index is 1.50. The van der Waals surface area contributed by atoms with Crippen LogP contribution in [0.15, 0.2) is 18.2 Å². The van der Waals surface area contributed by atoms with Gasteiger partial charge in [-0.3, -0.25) is 14.4 Å². The van der Waals surface area contributed by atoms with Gasteiger partial charge in [0.05, 0.1) is 48.4 Å². The molecule has 3 aromatic carbocycles. The van der Waals surface area contributed by atoms with E-state index in [2.05, 4.69) is 42.5 Å². The monoisotopic (exact) mass is 1120 g/mol. The minimum absolute atomic E-state index is 0.0285. The predicted molar refractivity (Wildman–Crippen MR) is 281 cm³/mol. The van der Waals surface area contributed by atoms with Crippen LogP contribution in [0.1, 0.15) is 134 Å². The van der Waals surface area contributed by atoms with E-state index in [0.29, 0.717) is 26.2 Å². The van der Waals surface area contributed by atoms with Crippen molar-refractivity contribution < 1.29 is 51.7 Å². The molecule has 0 aromatic heterocycles. The number of hydrogen-bond acceptors (Lipinski definition) is 12. The highest BCUT2D eigenvalue weighted by molar-refractivity contribution is 7.70. The fourth-order valence-corrected chi connectivity index (χ4v) is 11.9. The van der Waals surface area contributed by atoms with Gasteiger partial charge in [-0.05, 0) is 120 Å². The van der Waals surface area contributed by atoms with Crippen LogP contribution in [0.25, 0.3) is 4.85 Å². The van der Waals surface area contributed by atoms with Crippen LogP contribution in [0.4, 0.5) is 0 Å². The summed E-state index contributed by atoms with van der Waals surface area (Å²) in [4.78, 5) is 58.1. The number of amides is 1. The molecule has 1 N–H and O–H groups in total. The number of hydrogen-bond donors (Lipinski definition) is 1. The smallest absolute Gasteiger partial charge is 0.341 e. The molecular formula is C50H62Cl5N3O11P2. The average molecular weight is 1120 g/mol. The zero-order valence-electron chi connectivity index (χ0n) is 42.1. The lowest BCUT2D eigenvalue weighted by molar-refractivity contribution is -0.143. The quantitative estimate of drug-likeness (QED) is 0.0217. The predicted octanol–water partition coefficient (Wildman–Crippen LogP) is 13.6. The topological polar surface area (TPSA) is 160 Å². The van der Waals surface area contributed by atoms with E-state index in [1.54, 1.807) is 47.6 Å². The standard InChI is InChI=1S/C50H62Cl5N3O11P2/c1-27(2)58(28(3)4)70(65-23-21-56-11)64-22-17-15-14-16-20-57-35(59)19-18-29-24-31-44(42(55)43(29)68-47(62)49(8,9)10)66-32-26-33(67-46(61)48(5,6)7)34(71(12,13)63)25-30(32)50(31)37-36(45(60)69-50)38(51)40(53)41(54)39(37)52/h24-28H,14-23H2,1-10,12-13H3,(H,57,59). The van der Waals surface area contributed by atoms with Gasteiger partial charge in [0.25, 0.3) is 8.53 Å². The Morgan fingerprint density at radius 1 is 0.817 bits per heavy atom. The van der Waals surface area contributed by atoms with Crippen molar-refractivity contribution in [3.05, 3.63) is 82.5 Å². The first kappa shape index (κ1) is 58.7. The second-order valence-electron chi connectivity index (χ2n) is 20.3. The van der Waals surface area contributed by atoms with Crippen molar-refractivity contribution in [1.29, 1.82) is 0 Å². The third-order valence-corrected chi connectivity index (χ3v) is 17.2. The van der Waals surface area contributed by atoms with Gasteiger partial charge in [0.1, 0.15) is 30.3 Å². The highest BCUT2D eigenvalue weighted by atomic mass is 35.5. The molecule has 71 heavy (non-hydrogen) atoms. The van der Waals surface area contributed by atoms with E-state index >= 15 is 0 Å². The average Bonchev–Trinajstić information content (AvgIpc) is 3.57. The van der Waals surface area contributed by atoms with Gasteiger partial charge in [-0.1, -0.05) is 70.8 Å². The van der Waals surface area contributed by atoms with E-state index in [1.807, 2.05) is 0 Å². The van der Waals surface area contributed by atoms with Gasteiger partial charge in [-0.25, -0.2) is 16.0 Å². The highest BCUT2D eigenvalue weighted by Gasteiger charge is 2.58. The molecule has 0 fully saturated rings. The Bertz CT molecular complexity index is 2650. The molecule has 0 aliphatic carbocycles. The summed E-state index contributed by atoms with van der Waals surface area (Å²) in [6, 6.07) is 4.76. The van der Waals surface area contributed by atoms with Crippen LogP contribution in [0.5, 0.6) is 23.0 Å². The first-order valence-electron chi connectivity index (χ1n) is 23.2. The third-order valence-electron chi connectivity index (χ3n) is 11.4. The Labute approximate surface area is 443 Å². The van der Waals surface area contributed by atoms with Crippen molar-refractivity contribution in [2.45, 2.75) is 125 Å². The first-order chi connectivity index (χ1) is 33.0. The van der Waals surface area contributed by atoms with E-state index in [0.717, 1.165) is 19.3 Å². The summed E-state index contributed by atoms with van der Waals surface area (Å²) in [5.41, 5.74) is -3.91. The number of carbonyl (C=O) groups is 4. The first-order valence-corrected chi connectivity index (χ1v) is 28.9. The van der Waals surface area contributed by atoms with Gasteiger partial charge in [-0.2, -0.15) is 0 Å². The Hall–Kier alpha value is -3.18. The van der Waals surface area contributed by atoms with Crippen molar-refractivity contribution in [2.75, 3.05) is 39.6 Å². The number of halogens is 5. The summed E-state index contributed by atoms with van der Waals surface area (Å²) in [5.74, 6) is -2.95. The summed E-state index contributed by atoms with van der Waals surface area (Å²) < 4.78 is 53.4. The van der Waals surface area contributed by atoms with Gasteiger partial charge in [0, 0.05) is 47.8 Å². The number of unbranched alkanes of at least 4 members (excludes halogenated alkanes) is 3. The fourth-order valence-electron chi connectivity index (χ4n) is 7.86. The van der Waals surface area contributed by atoms with Crippen molar-refractivity contribution in [2.24, 2.45) is 10.8 Å². The van der Waals surface area contributed by atoms with Gasteiger partial charge in [0.2, 0.25) is 12.5 Å². The maximum atomic E-state index is 14.2. The molecule has 0 saturated heterocycles. The second-order valence-corrected chi connectivity index (χ2v) is 26.8. The number of esters is 3. The highest BCUT2D eigenvalue weighted by Crippen LogP contribution is 2.64. The lowest BCUT2D eigenvalue weighted by Gasteiger charge is -2.38. The number of fused-ring (bicyclic) bond motifs is 6. The molecule has 2 unspecified atom stereocenters. The molecule has 5 rings (SSSR count). The fraction of sp³-hybridized carbons (Fsp3) is 0.540. The van der Waals surface area contributed by atoms with E-state index in [-0.39, 0.29) is 119 Å². The molecule has 2 heterocycles. The zero-order chi connectivity index (χ0) is 53.1. The number of ether oxygens (including phenoxy) is 4. The van der Waals surface area contributed by atoms with Crippen LogP contribution in [0.3, 0.4) is 0 Å². The number of benzene rings is 3. The molecule has 0 bridgehead atoms. The van der Waals surface area contributed by atoms with E-state index in [4.69, 9.17) is 92.6 Å². The molecule has 2 aliphatic heterocycles. The summed E-state index contributed by atoms with van der Waals surface area (Å²) >= 11 is 34.3. The molecule has 0 saturated carbocycles. The summed E-state index contributed by atoms with van der Waals surface area (Å²) in [6.07, 6.45) is 3.05. The van der Waals surface area contributed by atoms with Crippen LogP contribution in [-0.4, -0.2) is 80.2 Å².